The van der Waals surface area contributed by atoms with E-state index in [0.717, 1.165) is 10.8 Å². The van der Waals surface area contributed by atoms with Crippen LogP contribution in [0.25, 0.3) is 12.2 Å². The minimum Gasteiger partial charge on any atom is -0.356 e. The van der Waals surface area contributed by atoms with E-state index in [1.807, 2.05) is 54.8 Å². The number of aromatic nitrogens is 1. The van der Waals surface area contributed by atoms with Crippen LogP contribution in [-0.2, 0) is 0 Å². The summed E-state index contributed by atoms with van der Waals surface area (Å²) in [5.74, 6) is 0.770. The average molecular weight is 243 g/mol. The van der Waals surface area contributed by atoms with Crippen LogP contribution in [0.15, 0.2) is 58.1 Å². The molecule has 0 radical (unpaired) electrons. The van der Waals surface area contributed by atoms with Gasteiger partial charge in [-0.3, -0.25) is 0 Å². The van der Waals surface area contributed by atoms with E-state index >= 15 is 0 Å². The Bertz CT molecular complexity index is 514. The molecule has 0 spiro atoms. The van der Waals surface area contributed by atoms with Crippen molar-refractivity contribution in [2.24, 2.45) is 0 Å². The normalized spacial score (nSPS) is 11.6. The molecule has 2 nitrogen and oxygen atoms in total. The van der Waals surface area contributed by atoms with Crippen LogP contribution in [0.3, 0.4) is 0 Å². The molecule has 0 fully saturated rings. The Morgan fingerprint density at radius 2 is 1.88 bits per heavy atom. The van der Waals surface area contributed by atoms with Crippen molar-refractivity contribution in [3.8, 4) is 0 Å². The van der Waals surface area contributed by atoms with Crippen LogP contribution in [-0.4, -0.2) is 11.4 Å². The first-order valence-corrected chi connectivity index (χ1v) is 6.51. The van der Waals surface area contributed by atoms with Crippen LogP contribution in [0.2, 0.25) is 0 Å². The predicted octanol–water partition coefficient (Wildman–Crippen LogP) is 4.12. The standard InChI is InChI=1S/C14H13NOS/c1-17-14-11-13(16-15-14)10-6-5-9-12-7-3-2-4-8-12/h2-11H,1H3/b9-5+,10-6+. The molecular weight excluding hydrogens is 230 g/mol. The van der Waals surface area contributed by atoms with Gasteiger partial charge in [0.25, 0.3) is 0 Å². The minimum absolute atomic E-state index is 0.770. The number of hydrogen-bond donors (Lipinski definition) is 0. The van der Waals surface area contributed by atoms with Gasteiger partial charge in [0.05, 0.1) is 0 Å². The summed E-state index contributed by atoms with van der Waals surface area (Å²) in [4.78, 5) is 0. The molecule has 2 rings (SSSR count). The third kappa shape index (κ3) is 3.64. The Labute approximate surface area is 105 Å². The van der Waals surface area contributed by atoms with Crippen molar-refractivity contribution < 1.29 is 4.52 Å². The second kappa shape index (κ2) is 6.11. The third-order valence-electron chi connectivity index (χ3n) is 2.18. The average Bonchev–Trinajstić information content (AvgIpc) is 2.84. The number of allylic oxidation sites excluding steroid dienone is 2. The monoisotopic (exact) mass is 243 g/mol. The summed E-state index contributed by atoms with van der Waals surface area (Å²) in [6.45, 7) is 0. The van der Waals surface area contributed by atoms with Gasteiger partial charge in [-0.15, -0.1) is 11.8 Å². The van der Waals surface area contributed by atoms with E-state index in [4.69, 9.17) is 4.52 Å². The van der Waals surface area contributed by atoms with Gasteiger partial charge >= 0.3 is 0 Å². The topological polar surface area (TPSA) is 26.0 Å². The molecule has 17 heavy (non-hydrogen) atoms. The maximum absolute atomic E-state index is 5.12. The van der Waals surface area contributed by atoms with Crippen LogP contribution < -0.4 is 0 Å². The fourth-order valence-corrected chi connectivity index (χ4v) is 1.67. The molecule has 0 atom stereocenters. The summed E-state index contributed by atoms with van der Waals surface area (Å²) < 4.78 is 5.12. The van der Waals surface area contributed by atoms with Gasteiger partial charge in [-0.1, -0.05) is 53.7 Å². The van der Waals surface area contributed by atoms with Gasteiger partial charge in [0, 0.05) is 6.07 Å². The zero-order valence-electron chi connectivity index (χ0n) is 9.54. The summed E-state index contributed by atoms with van der Waals surface area (Å²) >= 11 is 1.57. The van der Waals surface area contributed by atoms with Crippen molar-refractivity contribution in [1.29, 1.82) is 0 Å². The Morgan fingerprint density at radius 1 is 1.12 bits per heavy atom. The van der Waals surface area contributed by atoms with Crippen molar-refractivity contribution in [2.75, 3.05) is 6.26 Å². The van der Waals surface area contributed by atoms with Gasteiger partial charge in [-0.25, -0.2) is 0 Å². The van der Waals surface area contributed by atoms with Crippen LogP contribution in [0.4, 0.5) is 0 Å². The first-order valence-electron chi connectivity index (χ1n) is 5.29. The van der Waals surface area contributed by atoms with E-state index in [-0.39, 0.29) is 0 Å². The summed E-state index contributed by atoms with van der Waals surface area (Å²) in [6, 6.07) is 12.1. The lowest BCUT2D eigenvalue weighted by molar-refractivity contribution is 0.397. The number of nitrogens with zero attached hydrogens (tertiary/aromatic N) is 1. The van der Waals surface area contributed by atoms with E-state index in [9.17, 15) is 0 Å². The summed E-state index contributed by atoms with van der Waals surface area (Å²) in [5, 5.41) is 4.78. The largest absolute Gasteiger partial charge is 0.356 e. The highest BCUT2D eigenvalue weighted by atomic mass is 32.2. The van der Waals surface area contributed by atoms with Gasteiger partial charge in [0.2, 0.25) is 0 Å². The fraction of sp³-hybridized carbons (Fsp3) is 0.0714. The second-order valence-corrected chi connectivity index (χ2v) is 4.23. The summed E-state index contributed by atoms with van der Waals surface area (Å²) in [7, 11) is 0. The Kier molecular flexibility index (Phi) is 4.22. The Balaban J connectivity index is 1.95. The van der Waals surface area contributed by atoms with Gasteiger partial charge in [0.15, 0.2) is 5.76 Å². The number of rotatable bonds is 4. The SMILES string of the molecule is CSc1cc(/C=C/C=C/c2ccccc2)on1. The van der Waals surface area contributed by atoms with Crippen molar-refractivity contribution in [3.05, 3.63) is 59.9 Å². The van der Waals surface area contributed by atoms with Crippen LogP contribution in [0, 0.1) is 0 Å². The maximum atomic E-state index is 5.12. The zero-order valence-corrected chi connectivity index (χ0v) is 10.4. The molecule has 1 heterocycles. The van der Waals surface area contributed by atoms with Gasteiger partial charge in [-0.2, -0.15) is 0 Å². The number of hydrogen-bond acceptors (Lipinski definition) is 3. The lowest BCUT2D eigenvalue weighted by atomic mass is 10.2. The highest BCUT2D eigenvalue weighted by molar-refractivity contribution is 7.98. The van der Waals surface area contributed by atoms with Crippen LogP contribution in [0.5, 0.6) is 0 Å². The molecule has 1 aromatic carbocycles. The van der Waals surface area contributed by atoms with E-state index in [0.29, 0.717) is 0 Å². The minimum atomic E-state index is 0.770. The van der Waals surface area contributed by atoms with E-state index < -0.39 is 0 Å². The Hall–Kier alpha value is -1.74. The molecule has 0 aliphatic heterocycles. The quantitative estimate of drug-likeness (QED) is 0.596. The molecule has 0 amide bonds. The molecule has 2 aromatic rings. The fourth-order valence-electron chi connectivity index (χ4n) is 1.33. The van der Waals surface area contributed by atoms with Crippen molar-refractivity contribution in [2.45, 2.75) is 5.03 Å². The predicted molar refractivity (Wildman–Crippen MR) is 72.8 cm³/mol. The second-order valence-electron chi connectivity index (χ2n) is 3.40. The molecule has 0 bridgehead atoms. The first kappa shape index (κ1) is 11.7. The highest BCUT2D eigenvalue weighted by Gasteiger charge is 1.97. The maximum Gasteiger partial charge on any atom is 0.160 e. The summed E-state index contributed by atoms with van der Waals surface area (Å²) in [5.41, 5.74) is 1.18. The Morgan fingerprint density at radius 3 is 2.59 bits per heavy atom. The molecule has 86 valence electrons. The zero-order chi connectivity index (χ0) is 11.9. The van der Waals surface area contributed by atoms with Crippen molar-refractivity contribution >= 4 is 23.9 Å². The van der Waals surface area contributed by atoms with E-state index in [1.54, 1.807) is 11.8 Å². The van der Waals surface area contributed by atoms with Gasteiger partial charge < -0.3 is 4.52 Å². The van der Waals surface area contributed by atoms with Gasteiger partial charge in [0.1, 0.15) is 5.03 Å². The molecule has 1 aromatic heterocycles. The number of benzene rings is 1. The lowest BCUT2D eigenvalue weighted by Gasteiger charge is -1.88. The van der Waals surface area contributed by atoms with Crippen molar-refractivity contribution in [3.63, 3.8) is 0 Å². The van der Waals surface area contributed by atoms with E-state index in [1.165, 1.54) is 5.56 Å². The molecular formula is C14H13NOS. The van der Waals surface area contributed by atoms with Gasteiger partial charge in [-0.05, 0) is 17.9 Å². The smallest absolute Gasteiger partial charge is 0.160 e. The van der Waals surface area contributed by atoms with Crippen molar-refractivity contribution in [1.82, 2.24) is 5.16 Å². The molecule has 0 aliphatic carbocycles. The molecule has 3 heteroatoms. The van der Waals surface area contributed by atoms with E-state index in [2.05, 4.69) is 17.3 Å². The summed E-state index contributed by atoms with van der Waals surface area (Å²) in [6.07, 6.45) is 9.84. The molecule has 0 aliphatic rings. The lowest BCUT2D eigenvalue weighted by Crippen LogP contribution is -1.66. The number of thioether (sulfide) groups is 1. The molecule has 0 saturated carbocycles. The highest BCUT2D eigenvalue weighted by Crippen LogP contribution is 2.15. The molecule has 0 N–H and O–H groups in total. The molecule has 0 unspecified atom stereocenters. The first-order chi connectivity index (χ1) is 8.38. The third-order valence-corrected chi connectivity index (χ3v) is 2.79. The molecule has 0 saturated heterocycles. The van der Waals surface area contributed by atoms with Crippen LogP contribution >= 0.6 is 11.8 Å². The van der Waals surface area contributed by atoms with Crippen LogP contribution in [0.1, 0.15) is 11.3 Å².